The highest BCUT2D eigenvalue weighted by molar-refractivity contribution is 7.68. The quantitative estimate of drug-likeness (QED) is 0.484. The highest BCUT2D eigenvalue weighted by Crippen LogP contribution is 2.25. The molecule has 0 spiro atoms. The fourth-order valence-corrected chi connectivity index (χ4v) is 3.53. The Morgan fingerprint density at radius 2 is 1.88 bits per heavy atom. The Morgan fingerprint density at radius 1 is 1.06 bits per heavy atom. The maximum Gasteiger partial charge on any atom is 0.207 e. The maximum absolute atomic E-state index is 4.33. The summed E-state index contributed by atoms with van der Waals surface area (Å²) in [5.74, 6) is 0. The maximum atomic E-state index is 4.33. The summed E-state index contributed by atoms with van der Waals surface area (Å²) in [6.07, 6.45) is 0. The molecule has 0 unspecified atom stereocenters. The van der Waals surface area contributed by atoms with Crippen LogP contribution >= 0.6 is 20.9 Å². The second kappa shape index (κ2) is 4.39. The predicted octanol–water partition coefficient (Wildman–Crippen LogP) is 3.04. The summed E-state index contributed by atoms with van der Waals surface area (Å²) >= 11 is 0. The smallest absolute Gasteiger partial charge is 0.195 e. The molecule has 17 heavy (non-hydrogen) atoms. The first-order valence-electron chi connectivity index (χ1n) is 5.32. The van der Waals surface area contributed by atoms with Crippen LogP contribution in [0.3, 0.4) is 0 Å². The number of para-hydroxylation sites is 1. The number of nitrogens with zero attached hydrogens (tertiary/aromatic N) is 2. The van der Waals surface area contributed by atoms with Gasteiger partial charge in [0.15, 0.2) is 0 Å². The molecule has 2 nitrogen and oxygen atoms in total. The van der Waals surface area contributed by atoms with Crippen LogP contribution in [-0.4, -0.2) is 11.4 Å². The highest BCUT2D eigenvalue weighted by atomic mass is 32.9. The lowest BCUT2D eigenvalue weighted by molar-refractivity contribution is 0.894. The number of aromatic nitrogens is 1. The van der Waals surface area contributed by atoms with E-state index < -0.39 is 0 Å². The zero-order chi connectivity index (χ0) is 11.7. The fraction of sp³-hybridized carbons (Fsp3) is 0.0769. The van der Waals surface area contributed by atoms with Crippen molar-refractivity contribution in [3.05, 3.63) is 53.9 Å². The minimum absolute atomic E-state index is 1.09. The molecule has 1 heterocycles. The lowest BCUT2D eigenvalue weighted by atomic mass is 10.2. The van der Waals surface area contributed by atoms with Crippen LogP contribution in [0.2, 0.25) is 0 Å². The third kappa shape index (κ3) is 2.01. The van der Waals surface area contributed by atoms with Crippen LogP contribution < -0.4 is 9.93 Å². The predicted molar refractivity (Wildman–Crippen MR) is 73.9 cm³/mol. The van der Waals surface area contributed by atoms with Crippen molar-refractivity contribution >= 4 is 26.6 Å². The third-order valence-electron chi connectivity index (χ3n) is 2.74. The fourth-order valence-electron chi connectivity index (χ4n) is 1.75. The van der Waals surface area contributed by atoms with E-state index in [1.807, 2.05) is 6.07 Å². The topological polar surface area (TPSA) is 15.9 Å². The molecule has 0 fully saturated rings. The Labute approximate surface area is 107 Å². The largest absolute Gasteiger partial charge is 0.207 e. The van der Waals surface area contributed by atoms with Crippen molar-refractivity contribution in [1.29, 1.82) is 0 Å². The van der Waals surface area contributed by atoms with Crippen molar-refractivity contribution in [1.82, 2.24) is 8.95 Å². The average Bonchev–Trinajstić information content (AvgIpc) is 2.86. The number of hydrogen-bond acceptors (Lipinski definition) is 3. The molecule has 0 saturated heterocycles. The van der Waals surface area contributed by atoms with E-state index in [4.69, 9.17) is 0 Å². The Balaban J connectivity index is 2.23. The van der Waals surface area contributed by atoms with E-state index in [2.05, 4.69) is 58.5 Å². The summed E-state index contributed by atoms with van der Waals surface area (Å²) in [6.45, 7) is 0. The van der Waals surface area contributed by atoms with Crippen molar-refractivity contribution in [3.63, 3.8) is 0 Å². The molecule has 0 amide bonds. The minimum atomic E-state index is 1.09. The van der Waals surface area contributed by atoms with E-state index in [0.717, 1.165) is 5.69 Å². The molecule has 84 valence electrons. The van der Waals surface area contributed by atoms with Crippen LogP contribution in [0.25, 0.3) is 10.6 Å². The van der Waals surface area contributed by atoms with Crippen LogP contribution in [0.15, 0.2) is 48.5 Å². The van der Waals surface area contributed by atoms with Gasteiger partial charge in [-0.15, -0.1) is 0 Å². The average molecular weight is 259 g/mol. The normalized spacial score (nSPS) is 12.8. The van der Waals surface area contributed by atoms with Gasteiger partial charge < -0.3 is 0 Å². The standard InChI is InChI=1S/C13H11N2S2/c1-15(10-5-3-2-4-6-10)11-7-8-12-13(9-11)16-17-14-12/h2-9H,1H3/q+1. The number of fused-ring (bicyclic) bond motifs is 1. The van der Waals surface area contributed by atoms with Gasteiger partial charge in [0.25, 0.3) is 0 Å². The van der Waals surface area contributed by atoms with Gasteiger partial charge in [0.2, 0.25) is 11.0 Å². The molecular formula is C13H11N2S2+. The second-order valence-corrected chi connectivity index (χ2v) is 5.68. The van der Waals surface area contributed by atoms with Gasteiger partial charge in [-0.25, -0.2) is 0 Å². The molecule has 3 rings (SSSR count). The summed E-state index contributed by atoms with van der Waals surface area (Å²) in [7, 11) is 5.34. The highest BCUT2D eigenvalue weighted by Gasteiger charge is 2.09. The molecule has 0 aromatic heterocycles. The summed E-state index contributed by atoms with van der Waals surface area (Å²) < 4.78 is 6.52. The van der Waals surface area contributed by atoms with Gasteiger partial charge >= 0.3 is 0 Å². The molecule has 2 aliphatic rings. The minimum Gasteiger partial charge on any atom is -0.195 e. The van der Waals surface area contributed by atoms with Gasteiger partial charge in [0.1, 0.15) is 7.05 Å². The lowest BCUT2D eigenvalue weighted by Crippen LogP contribution is -2.20. The van der Waals surface area contributed by atoms with Gasteiger partial charge in [0.05, 0.1) is 10.6 Å². The molecule has 1 aliphatic carbocycles. The Morgan fingerprint density at radius 3 is 2.71 bits per heavy atom. The van der Waals surface area contributed by atoms with E-state index in [0.29, 0.717) is 0 Å². The van der Waals surface area contributed by atoms with E-state index in [1.54, 1.807) is 20.9 Å². The van der Waals surface area contributed by atoms with Crippen LogP contribution in [0.5, 0.6) is 0 Å². The van der Waals surface area contributed by atoms with E-state index in [-0.39, 0.29) is 0 Å². The van der Waals surface area contributed by atoms with Gasteiger partial charge in [-0.2, -0.15) is 8.95 Å². The zero-order valence-corrected chi connectivity index (χ0v) is 11.0. The van der Waals surface area contributed by atoms with Crippen molar-refractivity contribution in [2.45, 2.75) is 0 Å². The van der Waals surface area contributed by atoms with Crippen LogP contribution in [-0.2, 0) is 0 Å². The summed E-state index contributed by atoms with van der Waals surface area (Å²) in [5.41, 5.74) is 2.28. The summed E-state index contributed by atoms with van der Waals surface area (Å²) in [5, 5.41) is 1.19. The van der Waals surface area contributed by atoms with Gasteiger partial charge in [-0.1, -0.05) is 28.5 Å². The van der Waals surface area contributed by atoms with Crippen LogP contribution in [0.4, 0.5) is 5.69 Å². The molecule has 0 atom stereocenters. The van der Waals surface area contributed by atoms with Crippen molar-refractivity contribution in [2.75, 3.05) is 7.05 Å². The molecule has 0 saturated carbocycles. The number of hydrogen-bond donors (Lipinski definition) is 0. The number of rotatable bonds is 1. The monoisotopic (exact) mass is 259 g/mol. The first-order chi connectivity index (χ1) is 8.34. The molecule has 4 heteroatoms. The zero-order valence-electron chi connectivity index (χ0n) is 9.33. The van der Waals surface area contributed by atoms with Crippen LogP contribution in [0.1, 0.15) is 0 Å². The molecule has 0 radical (unpaired) electrons. The first kappa shape index (κ1) is 10.6. The van der Waals surface area contributed by atoms with E-state index in [9.17, 15) is 0 Å². The molecule has 1 aliphatic heterocycles. The Hall–Kier alpha value is -1.52. The van der Waals surface area contributed by atoms with Crippen molar-refractivity contribution in [3.8, 4) is 10.6 Å². The lowest BCUT2D eigenvalue weighted by Gasteiger charge is -1.97. The molecule has 0 bridgehead atoms. The number of benzene rings is 2. The molecule has 1 aromatic rings. The van der Waals surface area contributed by atoms with Crippen molar-refractivity contribution in [2.24, 2.45) is 0 Å². The molecule has 0 N–H and O–H groups in total. The third-order valence-corrected chi connectivity index (χ3v) is 4.58. The Kier molecular flexibility index (Phi) is 2.74. The first-order valence-corrected chi connectivity index (χ1v) is 7.43. The summed E-state index contributed by atoms with van der Waals surface area (Å²) in [6, 6.07) is 16.7. The van der Waals surface area contributed by atoms with Gasteiger partial charge in [-0.3, -0.25) is 0 Å². The molecule has 1 aromatic carbocycles. The second-order valence-electron chi connectivity index (χ2n) is 3.80. The van der Waals surface area contributed by atoms with Gasteiger partial charge in [-0.05, 0) is 6.07 Å². The summed E-state index contributed by atoms with van der Waals surface area (Å²) in [4.78, 5) is 1.25. The van der Waals surface area contributed by atoms with Crippen molar-refractivity contribution < 1.29 is 0 Å². The van der Waals surface area contributed by atoms with E-state index >= 15 is 0 Å². The van der Waals surface area contributed by atoms with Crippen LogP contribution in [0, 0.1) is 0 Å². The van der Waals surface area contributed by atoms with Gasteiger partial charge in [0, 0.05) is 34.8 Å². The molecular weight excluding hydrogens is 248 g/mol. The Bertz CT molecular complexity index is 667. The van der Waals surface area contributed by atoms with E-state index in [1.165, 1.54) is 15.9 Å². The SMILES string of the molecule is C[N+](c1ccccc1)=c1ccc2nssc-2c1.